The molecule has 0 N–H and O–H groups in total. The Balaban J connectivity index is 1.54. The van der Waals surface area contributed by atoms with E-state index in [9.17, 15) is 9.59 Å². The molecule has 2 aliphatic rings. The zero-order chi connectivity index (χ0) is 16.2. The number of thiophene rings is 1. The van der Waals surface area contributed by atoms with Crippen LogP contribution in [0.1, 0.15) is 59.1 Å². The van der Waals surface area contributed by atoms with Gasteiger partial charge in [0.1, 0.15) is 4.88 Å². The molecule has 0 radical (unpaired) electrons. The van der Waals surface area contributed by atoms with Gasteiger partial charge in [-0.15, -0.1) is 11.3 Å². The molecule has 1 fully saturated rings. The Morgan fingerprint density at radius 2 is 2.09 bits per heavy atom. The van der Waals surface area contributed by atoms with Crippen molar-refractivity contribution in [1.29, 1.82) is 0 Å². The molecule has 1 aliphatic heterocycles. The molecule has 1 aliphatic carbocycles. The summed E-state index contributed by atoms with van der Waals surface area (Å²) in [5.41, 5.74) is 1.30. The van der Waals surface area contributed by atoms with E-state index in [1.807, 2.05) is 11.0 Å². The second kappa shape index (κ2) is 7.47. The van der Waals surface area contributed by atoms with Crippen molar-refractivity contribution < 1.29 is 14.3 Å². The van der Waals surface area contributed by atoms with Crippen molar-refractivity contribution in [2.75, 3.05) is 19.7 Å². The third kappa shape index (κ3) is 4.14. The van der Waals surface area contributed by atoms with Crippen molar-refractivity contribution in [2.24, 2.45) is 5.92 Å². The summed E-state index contributed by atoms with van der Waals surface area (Å²) < 4.78 is 5.27. The van der Waals surface area contributed by atoms with Crippen LogP contribution in [0.4, 0.5) is 0 Å². The van der Waals surface area contributed by atoms with E-state index < -0.39 is 0 Å². The maximum absolute atomic E-state index is 12.2. The fraction of sp³-hybridized carbons (Fsp3) is 0.667. The predicted octanol–water partition coefficient (Wildman–Crippen LogP) is 3.43. The first-order chi connectivity index (χ1) is 11.1. The van der Waals surface area contributed by atoms with Crippen LogP contribution in [0.3, 0.4) is 0 Å². The average molecular weight is 335 g/mol. The lowest BCUT2D eigenvalue weighted by Gasteiger charge is -2.30. The molecular weight excluding hydrogens is 310 g/mol. The Labute approximate surface area is 141 Å². The van der Waals surface area contributed by atoms with Crippen LogP contribution in [0.15, 0.2) is 6.07 Å². The Kier molecular flexibility index (Phi) is 5.36. The van der Waals surface area contributed by atoms with Crippen molar-refractivity contribution in [3.8, 4) is 0 Å². The number of likely N-dealkylation sites (tertiary alicyclic amines) is 1. The van der Waals surface area contributed by atoms with Crippen LogP contribution in [0, 0.1) is 5.92 Å². The minimum atomic E-state index is -0.346. The van der Waals surface area contributed by atoms with Crippen LogP contribution in [0.25, 0.3) is 0 Å². The molecule has 1 aromatic heterocycles. The van der Waals surface area contributed by atoms with Gasteiger partial charge in [0.25, 0.3) is 5.91 Å². The highest BCUT2D eigenvalue weighted by Gasteiger charge is 2.23. The van der Waals surface area contributed by atoms with Gasteiger partial charge in [0.05, 0.1) is 0 Å². The van der Waals surface area contributed by atoms with Crippen molar-refractivity contribution in [3.63, 3.8) is 0 Å². The van der Waals surface area contributed by atoms with Gasteiger partial charge in [-0.25, -0.2) is 4.79 Å². The van der Waals surface area contributed by atoms with Crippen LogP contribution < -0.4 is 0 Å². The van der Waals surface area contributed by atoms with Crippen LogP contribution in [0.5, 0.6) is 0 Å². The molecule has 1 aromatic rings. The van der Waals surface area contributed by atoms with Gasteiger partial charge in [0.2, 0.25) is 0 Å². The average Bonchev–Trinajstić information content (AvgIpc) is 2.83. The quantitative estimate of drug-likeness (QED) is 0.628. The van der Waals surface area contributed by atoms with Crippen LogP contribution >= 0.6 is 11.3 Å². The number of piperidine rings is 1. The monoisotopic (exact) mass is 335 g/mol. The number of ether oxygens (including phenoxy) is 1. The standard InChI is InChI=1S/C18H25NO3S/c1-13-6-5-9-19(11-13)17(20)12-22-18(21)16-10-14-7-3-2-4-8-15(14)23-16/h10,13H,2-9,11-12H2,1H3/t13-/m0/s1. The van der Waals surface area contributed by atoms with Gasteiger partial charge in [-0.05, 0) is 56.1 Å². The molecule has 1 atom stereocenters. The van der Waals surface area contributed by atoms with E-state index in [0.717, 1.165) is 32.4 Å². The topological polar surface area (TPSA) is 46.6 Å². The lowest BCUT2D eigenvalue weighted by molar-refractivity contribution is -0.136. The lowest BCUT2D eigenvalue weighted by Crippen LogP contribution is -2.41. The summed E-state index contributed by atoms with van der Waals surface area (Å²) in [6, 6.07) is 1.97. The second-order valence-corrected chi connectivity index (χ2v) is 7.92. The molecule has 0 aromatic carbocycles. The Bertz CT molecular complexity index is 557. The van der Waals surface area contributed by atoms with E-state index in [1.165, 1.54) is 36.1 Å². The first-order valence-electron chi connectivity index (χ1n) is 8.70. The SMILES string of the molecule is C[C@H]1CCCN(C(=O)COC(=O)c2cc3c(s2)CCCCC3)C1. The summed E-state index contributed by atoms with van der Waals surface area (Å²) in [7, 11) is 0. The molecule has 5 heteroatoms. The molecule has 3 rings (SSSR count). The van der Waals surface area contributed by atoms with Gasteiger partial charge >= 0.3 is 5.97 Å². The number of hydrogen-bond donors (Lipinski definition) is 0. The van der Waals surface area contributed by atoms with E-state index >= 15 is 0 Å². The number of nitrogens with zero attached hydrogens (tertiary/aromatic N) is 1. The highest BCUT2D eigenvalue weighted by molar-refractivity contribution is 7.14. The molecular formula is C18H25NO3S. The molecule has 0 unspecified atom stereocenters. The van der Waals surface area contributed by atoms with E-state index in [-0.39, 0.29) is 18.5 Å². The summed E-state index contributed by atoms with van der Waals surface area (Å²) in [4.78, 5) is 28.2. The fourth-order valence-corrected chi connectivity index (χ4v) is 4.62. The molecule has 2 heterocycles. The number of rotatable bonds is 3. The first kappa shape index (κ1) is 16.5. The van der Waals surface area contributed by atoms with Crippen LogP contribution in [-0.4, -0.2) is 36.5 Å². The Hall–Kier alpha value is -1.36. The largest absolute Gasteiger partial charge is 0.451 e. The minimum absolute atomic E-state index is 0.0666. The van der Waals surface area contributed by atoms with E-state index in [2.05, 4.69) is 6.92 Å². The van der Waals surface area contributed by atoms with Gasteiger partial charge in [0.15, 0.2) is 6.61 Å². The number of carbonyl (C=O) groups is 2. The first-order valence-corrected chi connectivity index (χ1v) is 9.51. The predicted molar refractivity (Wildman–Crippen MR) is 90.8 cm³/mol. The molecule has 1 saturated heterocycles. The second-order valence-electron chi connectivity index (χ2n) is 6.78. The molecule has 4 nitrogen and oxygen atoms in total. The van der Waals surface area contributed by atoms with Gasteiger partial charge in [-0.3, -0.25) is 4.79 Å². The summed E-state index contributed by atoms with van der Waals surface area (Å²) in [6.45, 7) is 3.59. The zero-order valence-corrected chi connectivity index (χ0v) is 14.6. The molecule has 1 amide bonds. The van der Waals surface area contributed by atoms with Crippen molar-refractivity contribution in [2.45, 2.75) is 51.9 Å². The van der Waals surface area contributed by atoms with Gasteiger partial charge < -0.3 is 9.64 Å². The Morgan fingerprint density at radius 1 is 1.26 bits per heavy atom. The van der Waals surface area contributed by atoms with Crippen molar-refractivity contribution >= 4 is 23.2 Å². The molecule has 0 spiro atoms. The van der Waals surface area contributed by atoms with Gasteiger partial charge in [0, 0.05) is 18.0 Å². The van der Waals surface area contributed by atoms with Gasteiger partial charge in [-0.1, -0.05) is 13.3 Å². The zero-order valence-electron chi connectivity index (χ0n) is 13.8. The smallest absolute Gasteiger partial charge is 0.348 e. The number of carbonyl (C=O) groups excluding carboxylic acids is 2. The van der Waals surface area contributed by atoms with E-state index in [1.54, 1.807) is 11.3 Å². The maximum Gasteiger partial charge on any atom is 0.348 e. The van der Waals surface area contributed by atoms with Crippen LogP contribution in [-0.2, 0) is 22.4 Å². The van der Waals surface area contributed by atoms with Crippen molar-refractivity contribution in [3.05, 3.63) is 21.4 Å². The third-order valence-electron chi connectivity index (χ3n) is 4.78. The number of esters is 1. The fourth-order valence-electron chi connectivity index (χ4n) is 3.47. The number of fused-ring (bicyclic) bond motifs is 1. The van der Waals surface area contributed by atoms with Crippen LogP contribution in [0.2, 0.25) is 0 Å². The molecule has 0 saturated carbocycles. The third-order valence-corrected chi connectivity index (χ3v) is 6.00. The maximum atomic E-state index is 12.2. The summed E-state index contributed by atoms with van der Waals surface area (Å²) in [6.07, 6.45) is 8.01. The summed E-state index contributed by atoms with van der Waals surface area (Å²) in [5, 5.41) is 0. The van der Waals surface area contributed by atoms with E-state index in [0.29, 0.717) is 10.8 Å². The Morgan fingerprint density at radius 3 is 2.91 bits per heavy atom. The summed E-state index contributed by atoms with van der Waals surface area (Å²) in [5.74, 6) is 0.126. The summed E-state index contributed by atoms with van der Waals surface area (Å²) >= 11 is 1.54. The van der Waals surface area contributed by atoms with Gasteiger partial charge in [-0.2, -0.15) is 0 Å². The molecule has 126 valence electrons. The number of aryl methyl sites for hydroxylation is 2. The molecule has 0 bridgehead atoms. The highest BCUT2D eigenvalue weighted by atomic mass is 32.1. The van der Waals surface area contributed by atoms with E-state index in [4.69, 9.17) is 4.74 Å². The molecule has 23 heavy (non-hydrogen) atoms. The lowest BCUT2D eigenvalue weighted by atomic mass is 10.0. The minimum Gasteiger partial charge on any atom is -0.451 e. The number of hydrogen-bond acceptors (Lipinski definition) is 4. The highest BCUT2D eigenvalue weighted by Crippen LogP contribution is 2.29. The normalized spacial score (nSPS) is 21.4. The van der Waals surface area contributed by atoms with Crippen molar-refractivity contribution in [1.82, 2.24) is 4.90 Å². The number of amides is 1.